The summed E-state index contributed by atoms with van der Waals surface area (Å²) in [5, 5.41) is 87.4. The molecule has 9 N–H and O–H groups in total. The van der Waals surface area contributed by atoms with Crippen molar-refractivity contribution in [3.05, 3.63) is 97.2 Å². The van der Waals surface area contributed by atoms with Crippen LogP contribution in [0.5, 0.6) is 0 Å². The molecule has 83 heavy (non-hydrogen) atoms. The van der Waals surface area contributed by atoms with E-state index in [1.165, 1.54) is 103 Å². The van der Waals surface area contributed by atoms with Gasteiger partial charge >= 0.3 is 0 Å². The molecular weight excluding hydrogens is 1050 g/mol. The van der Waals surface area contributed by atoms with Gasteiger partial charge < -0.3 is 65.1 Å². The molecule has 14 nitrogen and oxygen atoms in total. The summed E-state index contributed by atoms with van der Waals surface area (Å²) in [5.41, 5.74) is 0. The molecule has 2 heterocycles. The molecule has 0 spiro atoms. The van der Waals surface area contributed by atoms with Crippen LogP contribution in [0.15, 0.2) is 97.2 Å². The van der Waals surface area contributed by atoms with Crippen molar-refractivity contribution in [2.24, 2.45) is 0 Å². The van der Waals surface area contributed by atoms with E-state index in [1.54, 1.807) is 0 Å². The van der Waals surface area contributed by atoms with Crippen molar-refractivity contribution < 1.29 is 64.6 Å². The first kappa shape index (κ1) is 76.0. The van der Waals surface area contributed by atoms with Crippen LogP contribution < -0.4 is 5.32 Å². The van der Waals surface area contributed by atoms with Crippen molar-refractivity contribution in [1.29, 1.82) is 0 Å². The summed E-state index contributed by atoms with van der Waals surface area (Å²) < 4.78 is 22.9. The van der Waals surface area contributed by atoms with Crippen LogP contribution >= 0.6 is 0 Å². The summed E-state index contributed by atoms with van der Waals surface area (Å²) in [6, 6.07) is -0.840. The van der Waals surface area contributed by atoms with Gasteiger partial charge in [0.25, 0.3) is 0 Å². The lowest BCUT2D eigenvalue weighted by Gasteiger charge is -2.46. The van der Waals surface area contributed by atoms with Gasteiger partial charge in [0.15, 0.2) is 12.6 Å². The van der Waals surface area contributed by atoms with Gasteiger partial charge in [0.2, 0.25) is 5.91 Å². The molecule has 2 rings (SSSR count). The highest BCUT2D eigenvalue weighted by molar-refractivity contribution is 5.76. The number of carbonyl (C=O) groups is 1. The van der Waals surface area contributed by atoms with E-state index >= 15 is 0 Å². The van der Waals surface area contributed by atoms with E-state index in [0.29, 0.717) is 12.8 Å². The highest BCUT2D eigenvalue weighted by Crippen LogP contribution is 2.30. The van der Waals surface area contributed by atoms with Gasteiger partial charge in [0.1, 0.15) is 48.8 Å². The summed E-state index contributed by atoms with van der Waals surface area (Å²) in [6.45, 7) is 2.74. The molecule has 0 aromatic rings. The molecule has 0 aromatic heterocycles. The summed E-state index contributed by atoms with van der Waals surface area (Å²) in [7, 11) is 0. The van der Waals surface area contributed by atoms with Crippen LogP contribution in [-0.4, -0.2) is 140 Å². The summed E-state index contributed by atoms with van der Waals surface area (Å²) >= 11 is 0. The largest absolute Gasteiger partial charge is 0.394 e. The Hall–Kier alpha value is -3.09. The molecule has 0 radical (unpaired) electrons. The third-order valence-corrected chi connectivity index (χ3v) is 15.6. The Labute approximate surface area is 503 Å². The summed E-state index contributed by atoms with van der Waals surface area (Å²) in [4.78, 5) is 13.3. The second-order valence-electron chi connectivity index (χ2n) is 22.9. The molecule has 0 aromatic carbocycles. The predicted octanol–water partition coefficient (Wildman–Crippen LogP) is 12.6. The number of allylic oxidation sites excluding steroid dienone is 16. The number of ether oxygens (including phenoxy) is 4. The number of unbranched alkanes of at least 4 members (excludes halogenated alkanes) is 23. The van der Waals surface area contributed by atoms with Crippen LogP contribution in [0.3, 0.4) is 0 Å². The fourth-order valence-electron chi connectivity index (χ4n) is 10.3. The van der Waals surface area contributed by atoms with Gasteiger partial charge in [0, 0.05) is 6.42 Å². The van der Waals surface area contributed by atoms with Gasteiger partial charge in [-0.15, -0.1) is 0 Å². The van der Waals surface area contributed by atoms with Crippen molar-refractivity contribution in [2.75, 3.05) is 19.8 Å². The third-order valence-electron chi connectivity index (χ3n) is 15.6. The molecule has 478 valence electrons. The van der Waals surface area contributed by atoms with Gasteiger partial charge in [-0.25, -0.2) is 0 Å². The van der Waals surface area contributed by atoms with Crippen LogP contribution in [0.25, 0.3) is 0 Å². The number of aliphatic hydroxyl groups excluding tert-OH is 8. The lowest BCUT2D eigenvalue weighted by atomic mass is 9.97. The smallest absolute Gasteiger partial charge is 0.220 e. The highest BCUT2D eigenvalue weighted by atomic mass is 16.7. The van der Waals surface area contributed by atoms with E-state index in [4.69, 9.17) is 18.9 Å². The topological polar surface area (TPSA) is 228 Å². The maximum Gasteiger partial charge on any atom is 0.220 e. The Morgan fingerprint density at radius 1 is 0.446 bits per heavy atom. The number of rotatable bonds is 52. The fraction of sp³-hybridized carbons (Fsp3) is 0.754. The molecular formula is C69H119NO13. The molecule has 2 fully saturated rings. The lowest BCUT2D eigenvalue weighted by Crippen LogP contribution is -2.65. The molecule has 1 amide bonds. The SMILES string of the molecule is CC/C=C\C/C=C\C/C=C\C/C=C\C/C=C\C/C=C\C/C=C\C/C=C\CCCCCCCCCCC(=O)NC(COC1OC(CO)C(OC2OC(CO)C(O)C(O)C2O)C(O)C1O)C(O)CCCCCCCCCCCCCCCCCC. The summed E-state index contributed by atoms with van der Waals surface area (Å²) in [5.74, 6) is -0.218. The van der Waals surface area contributed by atoms with Gasteiger partial charge in [-0.05, 0) is 77.0 Å². The van der Waals surface area contributed by atoms with E-state index in [0.717, 1.165) is 103 Å². The van der Waals surface area contributed by atoms with Crippen LogP contribution in [-0.2, 0) is 23.7 Å². The normalized spacial score (nSPS) is 24.5. The Kier molecular flexibility index (Phi) is 48.7. The number of carbonyl (C=O) groups excluding carboxylic acids is 1. The molecule has 2 aliphatic rings. The zero-order chi connectivity index (χ0) is 60.2. The predicted molar refractivity (Wildman–Crippen MR) is 336 cm³/mol. The maximum atomic E-state index is 13.3. The van der Waals surface area contributed by atoms with E-state index < -0.39 is 86.8 Å². The molecule has 0 aliphatic carbocycles. The molecule has 12 unspecified atom stereocenters. The van der Waals surface area contributed by atoms with Crippen LogP contribution in [0, 0.1) is 0 Å². The second kappa shape index (κ2) is 53.2. The van der Waals surface area contributed by atoms with Gasteiger partial charge in [-0.1, -0.05) is 252 Å². The Morgan fingerprint density at radius 2 is 0.831 bits per heavy atom. The monoisotopic (exact) mass is 1170 g/mol. The molecule has 14 heteroatoms. The maximum absolute atomic E-state index is 13.3. The zero-order valence-corrected chi connectivity index (χ0v) is 51.7. The molecule has 2 saturated heterocycles. The van der Waals surface area contributed by atoms with Crippen molar-refractivity contribution in [3.63, 3.8) is 0 Å². The van der Waals surface area contributed by atoms with E-state index in [9.17, 15) is 45.6 Å². The quantitative estimate of drug-likeness (QED) is 0.0204. The number of aliphatic hydroxyl groups is 8. The Balaban J connectivity index is 1.68. The first-order valence-corrected chi connectivity index (χ1v) is 33.0. The second-order valence-corrected chi connectivity index (χ2v) is 22.9. The van der Waals surface area contributed by atoms with Gasteiger partial charge in [-0.2, -0.15) is 0 Å². The number of hydrogen-bond acceptors (Lipinski definition) is 13. The van der Waals surface area contributed by atoms with Crippen molar-refractivity contribution >= 4 is 5.91 Å². The van der Waals surface area contributed by atoms with E-state index in [1.807, 2.05) is 0 Å². The van der Waals surface area contributed by atoms with Crippen LogP contribution in [0.2, 0.25) is 0 Å². The number of hydrogen-bond donors (Lipinski definition) is 9. The minimum Gasteiger partial charge on any atom is -0.394 e. The van der Waals surface area contributed by atoms with E-state index in [-0.39, 0.29) is 18.9 Å². The Bertz CT molecular complexity index is 1760. The molecule has 0 bridgehead atoms. The van der Waals surface area contributed by atoms with Crippen LogP contribution in [0.4, 0.5) is 0 Å². The zero-order valence-electron chi connectivity index (χ0n) is 51.7. The molecule has 0 saturated carbocycles. The van der Waals surface area contributed by atoms with Crippen molar-refractivity contribution in [2.45, 2.75) is 312 Å². The van der Waals surface area contributed by atoms with Gasteiger partial charge in [-0.3, -0.25) is 4.79 Å². The number of nitrogens with one attached hydrogen (secondary N) is 1. The van der Waals surface area contributed by atoms with E-state index in [2.05, 4.69) is 116 Å². The minimum absolute atomic E-state index is 0.218. The molecule has 2 aliphatic heterocycles. The standard InChI is InChI=1S/C69H119NO13/c1-3-5-7-9-11-13-15-17-19-21-22-23-24-25-26-27-28-29-30-31-32-33-34-35-36-37-39-41-43-45-47-49-51-53-61(74)70-57(58(73)52-50-48-46-44-42-40-38-20-18-16-14-12-10-8-6-4-2)56-80-68-66(79)64(77)67(60(55-72)82-68)83-69-65(78)63(76)62(75)59(54-71)81-69/h5,7,11,13,17,19,22-23,25-26,28-29,31-32,34-35,57-60,62-69,71-73,75-79H,3-4,6,8-10,12,14-16,18,20-21,24,27,30,33,36-56H2,1-2H3,(H,70,74)/b7-5-,13-11-,19-17-,23-22-,26-25-,29-28-,32-31-,35-34-. The fourth-order valence-corrected chi connectivity index (χ4v) is 10.3. The Morgan fingerprint density at radius 3 is 1.28 bits per heavy atom. The minimum atomic E-state index is -1.79. The first-order chi connectivity index (χ1) is 40.6. The average Bonchev–Trinajstić information content (AvgIpc) is 3.63. The lowest BCUT2D eigenvalue weighted by molar-refractivity contribution is -0.359. The number of amides is 1. The average molecular weight is 1170 g/mol. The molecule has 12 atom stereocenters. The van der Waals surface area contributed by atoms with Crippen molar-refractivity contribution in [3.8, 4) is 0 Å². The summed E-state index contributed by atoms with van der Waals surface area (Å²) in [6.07, 6.45) is 56.9. The van der Waals surface area contributed by atoms with Gasteiger partial charge in [0.05, 0.1) is 32.0 Å². The third kappa shape index (κ3) is 37.9. The first-order valence-electron chi connectivity index (χ1n) is 33.0. The van der Waals surface area contributed by atoms with Crippen molar-refractivity contribution in [1.82, 2.24) is 5.32 Å². The van der Waals surface area contributed by atoms with Crippen LogP contribution in [0.1, 0.15) is 239 Å². The highest BCUT2D eigenvalue weighted by Gasteiger charge is 2.51.